The van der Waals surface area contributed by atoms with Gasteiger partial charge < -0.3 is 15.2 Å². The van der Waals surface area contributed by atoms with E-state index in [2.05, 4.69) is 5.32 Å². The van der Waals surface area contributed by atoms with Gasteiger partial charge in [0.1, 0.15) is 6.61 Å². The molecule has 0 aromatic rings. The van der Waals surface area contributed by atoms with E-state index in [0.717, 1.165) is 38.5 Å². The lowest BCUT2D eigenvalue weighted by Crippen LogP contribution is -2.38. The molecule has 0 spiro atoms. The van der Waals surface area contributed by atoms with Crippen LogP contribution in [0.25, 0.3) is 0 Å². The Morgan fingerprint density at radius 2 is 1.65 bits per heavy atom. The summed E-state index contributed by atoms with van der Waals surface area (Å²) in [6.45, 7) is 0.486. The number of rotatable bonds is 5. The molecule has 2 aliphatic carbocycles. The molecule has 4 nitrogen and oxygen atoms in total. The molecule has 0 heterocycles. The molecule has 0 aromatic carbocycles. The maximum atomic E-state index is 11.9. The van der Waals surface area contributed by atoms with E-state index in [1.807, 2.05) is 0 Å². The van der Waals surface area contributed by atoms with E-state index in [4.69, 9.17) is 9.84 Å². The van der Waals surface area contributed by atoms with Gasteiger partial charge in [-0.25, -0.2) is 0 Å². The molecule has 4 heteroatoms. The van der Waals surface area contributed by atoms with Gasteiger partial charge in [-0.05, 0) is 44.4 Å². The Balaban J connectivity index is 1.60. The number of hydrogen-bond acceptors (Lipinski definition) is 3. The third-order valence-corrected chi connectivity index (χ3v) is 4.72. The molecule has 0 unspecified atom stereocenters. The van der Waals surface area contributed by atoms with Gasteiger partial charge >= 0.3 is 0 Å². The summed E-state index contributed by atoms with van der Waals surface area (Å²) < 4.78 is 5.72. The predicted octanol–water partition coefficient (Wildman–Crippen LogP) is 2.39. The highest BCUT2D eigenvalue weighted by atomic mass is 16.5. The SMILES string of the molecule is O=C(COC1CCC(CO)CC1)NC1CCCCCC1. The van der Waals surface area contributed by atoms with E-state index in [1.54, 1.807) is 0 Å². The molecule has 0 atom stereocenters. The third-order valence-electron chi connectivity index (χ3n) is 4.72. The maximum absolute atomic E-state index is 11.9. The van der Waals surface area contributed by atoms with Gasteiger partial charge in [-0.1, -0.05) is 25.7 Å². The Labute approximate surface area is 122 Å². The average molecular weight is 283 g/mol. The number of amides is 1. The van der Waals surface area contributed by atoms with Crippen molar-refractivity contribution in [2.45, 2.75) is 76.4 Å². The van der Waals surface area contributed by atoms with Crippen molar-refractivity contribution in [3.63, 3.8) is 0 Å². The van der Waals surface area contributed by atoms with Crippen LogP contribution in [0.4, 0.5) is 0 Å². The summed E-state index contributed by atoms with van der Waals surface area (Å²) in [4.78, 5) is 11.9. The molecule has 1 amide bonds. The first-order valence-corrected chi connectivity index (χ1v) is 8.29. The van der Waals surface area contributed by atoms with Crippen molar-refractivity contribution in [1.29, 1.82) is 0 Å². The minimum absolute atomic E-state index is 0.0428. The number of aliphatic hydroxyl groups excluding tert-OH is 1. The molecule has 116 valence electrons. The normalized spacial score (nSPS) is 28.9. The smallest absolute Gasteiger partial charge is 0.246 e. The van der Waals surface area contributed by atoms with E-state index in [0.29, 0.717) is 12.0 Å². The second-order valence-corrected chi connectivity index (χ2v) is 6.39. The van der Waals surface area contributed by atoms with Gasteiger partial charge in [-0.3, -0.25) is 4.79 Å². The van der Waals surface area contributed by atoms with Gasteiger partial charge in [0.15, 0.2) is 0 Å². The molecule has 20 heavy (non-hydrogen) atoms. The minimum atomic E-state index is 0.0428. The first-order chi connectivity index (χ1) is 9.78. The van der Waals surface area contributed by atoms with E-state index < -0.39 is 0 Å². The van der Waals surface area contributed by atoms with Gasteiger partial charge in [-0.15, -0.1) is 0 Å². The summed E-state index contributed by atoms with van der Waals surface area (Å²) in [5.41, 5.74) is 0. The average Bonchev–Trinajstić information content (AvgIpc) is 2.74. The molecule has 0 saturated heterocycles. The summed E-state index contributed by atoms with van der Waals surface area (Å²) in [6.07, 6.45) is 11.5. The largest absolute Gasteiger partial charge is 0.396 e. The van der Waals surface area contributed by atoms with E-state index in [-0.39, 0.29) is 25.2 Å². The zero-order chi connectivity index (χ0) is 14.2. The maximum Gasteiger partial charge on any atom is 0.246 e. The molecule has 2 fully saturated rings. The highest BCUT2D eigenvalue weighted by Crippen LogP contribution is 2.25. The standard InChI is InChI=1S/C16H29NO3/c18-11-13-7-9-15(10-8-13)20-12-16(19)17-14-5-3-1-2-4-6-14/h13-15,18H,1-12H2,(H,17,19). The van der Waals surface area contributed by atoms with Gasteiger partial charge in [0.25, 0.3) is 0 Å². The minimum Gasteiger partial charge on any atom is -0.396 e. The lowest BCUT2D eigenvalue weighted by atomic mass is 9.88. The highest BCUT2D eigenvalue weighted by molar-refractivity contribution is 5.77. The van der Waals surface area contributed by atoms with Crippen LogP contribution in [0.3, 0.4) is 0 Å². The third kappa shape index (κ3) is 5.41. The number of aliphatic hydroxyl groups is 1. The molecule has 0 aromatic heterocycles. The van der Waals surface area contributed by atoms with Crippen molar-refractivity contribution >= 4 is 5.91 Å². The Hall–Kier alpha value is -0.610. The fraction of sp³-hybridized carbons (Fsp3) is 0.938. The van der Waals surface area contributed by atoms with E-state index >= 15 is 0 Å². The van der Waals surface area contributed by atoms with Crippen LogP contribution in [0, 0.1) is 5.92 Å². The molecular weight excluding hydrogens is 254 g/mol. The lowest BCUT2D eigenvalue weighted by molar-refractivity contribution is -0.129. The van der Waals surface area contributed by atoms with Crippen molar-refractivity contribution in [1.82, 2.24) is 5.32 Å². The molecule has 2 aliphatic rings. The van der Waals surface area contributed by atoms with Crippen LogP contribution in [0.1, 0.15) is 64.2 Å². The van der Waals surface area contributed by atoms with Crippen LogP contribution in [0.5, 0.6) is 0 Å². The number of carbonyl (C=O) groups excluding carboxylic acids is 1. The molecule has 2 rings (SSSR count). The number of ether oxygens (including phenoxy) is 1. The summed E-state index contributed by atoms with van der Waals surface area (Å²) in [6, 6.07) is 0.360. The van der Waals surface area contributed by atoms with Crippen LogP contribution in [0.15, 0.2) is 0 Å². The fourth-order valence-corrected chi connectivity index (χ4v) is 3.37. The Morgan fingerprint density at radius 3 is 2.25 bits per heavy atom. The van der Waals surface area contributed by atoms with Gasteiger partial charge in [-0.2, -0.15) is 0 Å². The monoisotopic (exact) mass is 283 g/mol. The predicted molar refractivity (Wildman–Crippen MR) is 78.4 cm³/mol. The van der Waals surface area contributed by atoms with Crippen LogP contribution in [-0.2, 0) is 9.53 Å². The zero-order valence-electron chi connectivity index (χ0n) is 12.5. The first-order valence-electron chi connectivity index (χ1n) is 8.29. The summed E-state index contributed by atoms with van der Waals surface area (Å²) >= 11 is 0. The van der Waals surface area contributed by atoms with E-state index in [1.165, 1.54) is 25.7 Å². The molecule has 0 radical (unpaired) electrons. The van der Waals surface area contributed by atoms with Crippen LogP contribution in [0.2, 0.25) is 0 Å². The Bertz CT molecular complexity index is 279. The highest BCUT2D eigenvalue weighted by Gasteiger charge is 2.22. The zero-order valence-corrected chi connectivity index (χ0v) is 12.5. The summed E-state index contributed by atoms with van der Waals surface area (Å²) in [5.74, 6) is 0.482. The molecule has 0 aliphatic heterocycles. The summed E-state index contributed by atoms with van der Waals surface area (Å²) in [7, 11) is 0. The van der Waals surface area contributed by atoms with Crippen molar-refractivity contribution in [3.05, 3.63) is 0 Å². The number of carbonyl (C=O) groups is 1. The lowest BCUT2D eigenvalue weighted by Gasteiger charge is -2.27. The van der Waals surface area contributed by atoms with Crippen LogP contribution < -0.4 is 5.32 Å². The first kappa shape index (κ1) is 15.8. The van der Waals surface area contributed by atoms with Crippen molar-refractivity contribution in [2.75, 3.05) is 13.2 Å². The topological polar surface area (TPSA) is 58.6 Å². The number of nitrogens with one attached hydrogen (secondary N) is 1. The molecule has 2 N–H and O–H groups in total. The fourth-order valence-electron chi connectivity index (χ4n) is 3.37. The molecule has 0 bridgehead atoms. The Kier molecular flexibility index (Phi) is 6.80. The van der Waals surface area contributed by atoms with Crippen molar-refractivity contribution in [3.8, 4) is 0 Å². The van der Waals surface area contributed by atoms with Crippen LogP contribution in [-0.4, -0.2) is 36.4 Å². The molecule has 2 saturated carbocycles. The quantitative estimate of drug-likeness (QED) is 0.762. The Morgan fingerprint density at radius 1 is 1.00 bits per heavy atom. The van der Waals surface area contributed by atoms with Gasteiger partial charge in [0.05, 0.1) is 6.10 Å². The second-order valence-electron chi connectivity index (χ2n) is 6.39. The van der Waals surface area contributed by atoms with Crippen molar-refractivity contribution < 1.29 is 14.6 Å². The van der Waals surface area contributed by atoms with Gasteiger partial charge in [0, 0.05) is 12.6 Å². The summed E-state index contributed by atoms with van der Waals surface area (Å²) in [5, 5.41) is 12.2. The van der Waals surface area contributed by atoms with Gasteiger partial charge in [0.2, 0.25) is 5.91 Å². The second kappa shape index (κ2) is 8.63. The molecular formula is C16H29NO3. The van der Waals surface area contributed by atoms with Crippen LogP contribution >= 0.6 is 0 Å². The number of hydrogen-bond donors (Lipinski definition) is 2. The van der Waals surface area contributed by atoms with Crippen molar-refractivity contribution in [2.24, 2.45) is 5.92 Å². The van der Waals surface area contributed by atoms with E-state index in [9.17, 15) is 4.79 Å².